The molecule has 2 heterocycles. The molecule has 10 heteroatoms. The maximum Gasteiger partial charge on any atom is 0.406 e. The number of aromatic nitrogens is 3. The molecule has 0 bridgehead atoms. The molecule has 0 unspecified atom stereocenters. The smallest absolute Gasteiger partial charge is 0.339 e. The van der Waals surface area contributed by atoms with Crippen LogP contribution < -0.4 is 5.32 Å². The van der Waals surface area contributed by atoms with Crippen molar-refractivity contribution in [3.63, 3.8) is 0 Å². The molecule has 0 aliphatic carbocycles. The minimum atomic E-state index is -4.40. The Morgan fingerprint density at radius 1 is 1.17 bits per heavy atom. The summed E-state index contributed by atoms with van der Waals surface area (Å²) in [4.78, 5) is 22.1. The number of hydrogen-bond acceptors (Lipinski definition) is 4. The number of halogens is 4. The van der Waals surface area contributed by atoms with Gasteiger partial charge in [-0.2, -0.15) is 13.2 Å². The van der Waals surface area contributed by atoms with E-state index in [1.807, 2.05) is 0 Å². The Morgan fingerprint density at radius 3 is 2.69 bits per heavy atom. The van der Waals surface area contributed by atoms with Gasteiger partial charge in [-0.3, -0.25) is 4.79 Å². The Balaban J connectivity index is 1.78. The van der Waals surface area contributed by atoms with Crippen molar-refractivity contribution in [2.75, 3.05) is 12.4 Å². The number of benzene rings is 1. The maximum atomic E-state index is 13.4. The van der Waals surface area contributed by atoms with E-state index in [0.717, 1.165) is 4.57 Å². The minimum absolute atomic E-state index is 0.0988. The molecule has 0 atom stereocenters. The number of nitrogens with one attached hydrogen (secondary N) is 1. The highest BCUT2D eigenvalue weighted by molar-refractivity contribution is 5.99. The minimum Gasteiger partial charge on any atom is -0.339 e. The van der Waals surface area contributed by atoms with Crippen LogP contribution in [0.2, 0.25) is 0 Å². The number of pyridine rings is 1. The third-order valence-corrected chi connectivity index (χ3v) is 4.00. The standard InChI is InChI=1S/C19H17F4N5O/c1-27(11-16-24-8-9-28(16)12-19(21,22)23)18(29)15-6-3-7-25-17(15)26-14-5-2-4-13(20)10-14/h2-10H,11-12H2,1H3,(H,25,26). The summed E-state index contributed by atoms with van der Waals surface area (Å²) in [6.07, 6.45) is -0.472. The summed E-state index contributed by atoms with van der Waals surface area (Å²) in [7, 11) is 1.45. The fourth-order valence-corrected chi connectivity index (χ4v) is 2.70. The van der Waals surface area contributed by atoms with E-state index in [0.29, 0.717) is 5.69 Å². The Kier molecular flexibility index (Phi) is 5.81. The second-order valence-electron chi connectivity index (χ2n) is 6.28. The molecular weight excluding hydrogens is 390 g/mol. The number of anilines is 2. The van der Waals surface area contributed by atoms with Crippen molar-refractivity contribution < 1.29 is 22.4 Å². The normalized spacial score (nSPS) is 11.3. The topological polar surface area (TPSA) is 63.1 Å². The van der Waals surface area contributed by atoms with Crippen LogP contribution in [-0.2, 0) is 13.1 Å². The number of carbonyl (C=O) groups is 1. The number of imidazole rings is 1. The first-order valence-electron chi connectivity index (χ1n) is 8.53. The average molecular weight is 407 g/mol. The van der Waals surface area contributed by atoms with Crippen molar-refractivity contribution in [1.82, 2.24) is 19.4 Å². The first-order valence-corrected chi connectivity index (χ1v) is 8.53. The molecule has 0 radical (unpaired) electrons. The molecule has 3 rings (SSSR count). The van der Waals surface area contributed by atoms with Crippen LogP contribution in [0.4, 0.5) is 29.1 Å². The number of nitrogens with zero attached hydrogens (tertiary/aromatic N) is 4. The molecule has 152 valence electrons. The third kappa shape index (κ3) is 5.31. The quantitative estimate of drug-likeness (QED) is 0.628. The van der Waals surface area contributed by atoms with E-state index in [-0.39, 0.29) is 23.8 Å². The van der Waals surface area contributed by atoms with Crippen LogP contribution in [0.1, 0.15) is 16.2 Å². The largest absolute Gasteiger partial charge is 0.406 e. The first kappa shape index (κ1) is 20.3. The van der Waals surface area contributed by atoms with Crippen molar-refractivity contribution in [2.24, 2.45) is 0 Å². The molecule has 1 N–H and O–H groups in total. The number of rotatable bonds is 6. The Bertz CT molecular complexity index is 1000. The van der Waals surface area contributed by atoms with Gasteiger partial charge in [-0.1, -0.05) is 6.07 Å². The van der Waals surface area contributed by atoms with Gasteiger partial charge in [-0.15, -0.1) is 0 Å². The van der Waals surface area contributed by atoms with Crippen molar-refractivity contribution in [2.45, 2.75) is 19.3 Å². The Labute approximate surface area is 163 Å². The molecule has 0 saturated heterocycles. The first-order chi connectivity index (χ1) is 13.7. The van der Waals surface area contributed by atoms with Gasteiger partial charge in [0.05, 0.1) is 12.1 Å². The van der Waals surface area contributed by atoms with Gasteiger partial charge < -0.3 is 14.8 Å². The summed E-state index contributed by atoms with van der Waals surface area (Å²) in [5.41, 5.74) is 0.592. The van der Waals surface area contributed by atoms with E-state index in [1.54, 1.807) is 12.1 Å². The lowest BCUT2D eigenvalue weighted by atomic mass is 10.2. The van der Waals surface area contributed by atoms with Gasteiger partial charge in [0, 0.05) is 31.3 Å². The van der Waals surface area contributed by atoms with Crippen LogP contribution >= 0.6 is 0 Å². The fraction of sp³-hybridized carbons (Fsp3) is 0.211. The molecule has 0 aliphatic rings. The van der Waals surface area contributed by atoms with Crippen LogP contribution in [0, 0.1) is 5.82 Å². The number of carbonyl (C=O) groups excluding carboxylic acids is 1. The summed E-state index contributed by atoms with van der Waals surface area (Å²) in [6, 6.07) is 8.74. The van der Waals surface area contributed by atoms with E-state index in [2.05, 4.69) is 15.3 Å². The SMILES string of the molecule is CN(Cc1nccn1CC(F)(F)F)C(=O)c1cccnc1Nc1cccc(F)c1. The van der Waals surface area contributed by atoms with Gasteiger partial charge in [-0.25, -0.2) is 14.4 Å². The van der Waals surface area contributed by atoms with E-state index in [4.69, 9.17) is 0 Å². The number of hydrogen-bond donors (Lipinski definition) is 1. The Morgan fingerprint density at radius 2 is 1.97 bits per heavy atom. The Hall–Kier alpha value is -3.43. The van der Waals surface area contributed by atoms with Crippen molar-refractivity contribution in [1.29, 1.82) is 0 Å². The van der Waals surface area contributed by atoms with Gasteiger partial charge in [0.25, 0.3) is 5.91 Å². The molecule has 6 nitrogen and oxygen atoms in total. The molecule has 29 heavy (non-hydrogen) atoms. The van der Waals surface area contributed by atoms with E-state index in [9.17, 15) is 22.4 Å². The van der Waals surface area contributed by atoms with Gasteiger partial charge in [0.2, 0.25) is 0 Å². The monoisotopic (exact) mass is 407 g/mol. The second kappa shape index (κ2) is 8.29. The lowest BCUT2D eigenvalue weighted by Crippen LogP contribution is -2.29. The highest BCUT2D eigenvalue weighted by atomic mass is 19.4. The predicted octanol–water partition coefficient (Wildman–Crippen LogP) is 4.00. The molecule has 3 aromatic rings. The van der Waals surface area contributed by atoms with Gasteiger partial charge >= 0.3 is 6.18 Å². The molecule has 2 aromatic heterocycles. The van der Waals surface area contributed by atoms with Crippen molar-refractivity contribution in [3.8, 4) is 0 Å². The zero-order valence-electron chi connectivity index (χ0n) is 15.3. The van der Waals surface area contributed by atoms with Gasteiger partial charge in [-0.05, 0) is 30.3 Å². The molecule has 0 fully saturated rings. The lowest BCUT2D eigenvalue weighted by molar-refractivity contribution is -0.141. The summed E-state index contributed by atoms with van der Waals surface area (Å²) in [6.45, 7) is -1.32. The van der Waals surface area contributed by atoms with Crippen molar-refractivity contribution in [3.05, 3.63) is 72.2 Å². The van der Waals surface area contributed by atoms with Crippen LogP contribution in [0.15, 0.2) is 55.0 Å². The highest BCUT2D eigenvalue weighted by Gasteiger charge is 2.29. The number of amides is 1. The zero-order chi connectivity index (χ0) is 21.0. The van der Waals surface area contributed by atoms with Crippen molar-refractivity contribution >= 4 is 17.4 Å². The summed E-state index contributed by atoms with van der Waals surface area (Å²) in [5, 5.41) is 2.88. The molecule has 1 amide bonds. The summed E-state index contributed by atoms with van der Waals surface area (Å²) >= 11 is 0. The van der Waals surface area contributed by atoms with Crippen LogP contribution in [0.3, 0.4) is 0 Å². The predicted molar refractivity (Wildman–Crippen MR) is 98.0 cm³/mol. The third-order valence-electron chi connectivity index (χ3n) is 4.00. The number of alkyl halides is 3. The van der Waals surface area contributed by atoms with Crippen LogP contribution in [-0.4, -0.2) is 38.6 Å². The summed E-state index contributed by atoms with van der Waals surface area (Å²) in [5.74, 6) is -0.624. The van der Waals surface area contributed by atoms with Gasteiger partial charge in [0.1, 0.15) is 24.0 Å². The lowest BCUT2D eigenvalue weighted by Gasteiger charge is -2.20. The van der Waals surface area contributed by atoms with E-state index in [1.165, 1.54) is 54.8 Å². The zero-order valence-corrected chi connectivity index (χ0v) is 15.3. The highest BCUT2D eigenvalue weighted by Crippen LogP contribution is 2.22. The maximum absolute atomic E-state index is 13.4. The van der Waals surface area contributed by atoms with E-state index >= 15 is 0 Å². The fourth-order valence-electron chi connectivity index (χ4n) is 2.70. The second-order valence-corrected chi connectivity index (χ2v) is 6.28. The summed E-state index contributed by atoms with van der Waals surface area (Å²) < 4.78 is 52.4. The molecular formula is C19H17F4N5O. The van der Waals surface area contributed by atoms with Crippen LogP contribution in [0.5, 0.6) is 0 Å². The molecule has 0 saturated carbocycles. The molecule has 0 spiro atoms. The van der Waals surface area contributed by atoms with E-state index < -0.39 is 24.4 Å². The average Bonchev–Trinajstić information content (AvgIpc) is 3.06. The molecule has 0 aliphatic heterocycles. The van der Waals surface area contributed by atoms with Crippen LogP contribution in [0.25, 0.3) is 0 Å². The van der Waals surface area contributed by atoms with Gasteiger partial charge in [0.15, 0.2) is 0 Å². The molecule has 1 aromatic carbocycles.